The number of rotatable bonds is 6. The molecule has 1 heterocycles. The van der Waals surface area contributed by atoms with Gasteiger partial charge in [0.1, 0.15) is 0 Å². The molecule has 1 rings (SSSR count). The number of hydroxylamine groups is 2. The van der Waals surface area contributed by atoms with Gasteiger partial charge in [-0.15, -0.1) is 0 Å². The monoisotopic (exact) mass is 289 g/mol. The number of aliphatic carboxylic acids is 1. The van der Waals surface area contributed by atoms with Crippen molar-refractivity contribution in [2.75, 3.05) is 6.79 Å². The van der Waals surface area contributed by atoms with Crippen molar-refractivity contribution in [3.05, 3.63) is 0 Å². The molecule has 1 aliphatic heterocycles. The van der Waals surface area contributed by atoms with E-state index in [0.717, 1.165) is 0 Å². The fourth-order valence-corrected chi connectivity index (χ4v) is 1.18. The van der Waals surface area contributed by atoms with Crippen molar-refractivity contribution in [2.24, 2.45) is 0 Å². The minimum absolute atomic E-state index is 0.0592. The topological polar surface area (TPSA) is 137 Å². The van der Waals surface area contributed by atoms with Crippen LogP contribution in [0.15, 0.2) is 0 Å². The maximum Gasteiger partial charge on any atom is 0.536 e. The molecule has 110 valence electrons. The Bertz CT molecular complexity index is 428. The van der Waals surface area contributed by atoms with Crippen molar-refractivity contribution in [3.8, 4) is 0 Å². The van der Waals surface area contributed by atoms with Gasteiger partial charge in [-0.05, 0) is 0 Å². The second kappa shape index (κ2) is 7.07. The summed E-state index contributed by atoms with van der Waals surface area (Å²) >= 11 is 0. The molecule has 0 aromatic heterocycles. The van der Waals surface area contributed by atoms with Crippen molar-refractivity contribution in [1.82, 2.24) is 5.06 Å². The first-order chi connectivity index (χ1) is 9.40. The van der Waals surface area contributed by atoms with Crippen LogP contribution in [-0.4, -0.2) is 46.9 Å². The van der Waals surface area contributed by atoms with Crippen molar-refractivity contribution >= 4 is 29.9 Å². The number of esters is 1. The molecule has 0 aliphatic carbocycles. The zero-order valence-electron chi connectivity index (χ0n) is 10.2. The first-order valence-electron chi connectivity index (χ1n) is 5.48. The Morgan fingerprint density at radius 1 is 1.05 bits per heavy atom. The summed E-state index contributed by atoms with van der Waals surface area (Å²) in [6, 6.07) is 0. The van der Waals surface area contributed by atoms with E-state index in [-0.39, 0.29) is 24.3 Å². The normalized spacial score (nSPS) is 14.1. The lowest BCUT2D eigenvalue weighted by Crippen LogP contribution is -2.32. The second-order valence-electron chi connectivity index (χ2n) is 3.60. The maximum atomic E-state index is 11.1. The average Bonchev–Trinajstić information content (AvgIpc) is 2.68. The molecule has 2 amide bonds. The first kappa shape index (κ1) is 15.4. The molecule has 0 aromatic carbocycles. The predicted octanol–water partition coefficient (Wildman–Crippen LogP) is -0.431. The van der Waals surface area contributed by atoms with Crippen molar-refractivity contribution in [3.63, 3.8) is 0 Å². The molecule has 0 bridgehead atoms. The fraction of sp³-hybridized carbons (Fsp3) is 0.500. The maximum absolute atomic E-state index is 11.1. The quantitative estimate of drug-likeness (QED) is 0.392. The van der Waals surface area contributed by atoms with Crippen molar-refractivity contribution in [1.29, 1.82) is 0 Å². The van der Waals surface area contributed by atoms with E-state index in [1.807, 2.05) is 0 Å². The summed E-state index contributed by atoms with van der Waals surface area (Å²) in [7, 11) is 0. The summed E-state index contributed by atoms with van der Waals surface area (Å²) in [4.78, 5) is 58.6. The van der Waals surface area contributed by atoms with Crippen LogP contribution < -0.4 is 0 Å². The number of amides is 2. The summed E-state index contributed by atoms with van der Waals surface area (Å²) in [5.74, 6) is -3.40. The number of hydrogen-bond donors (Lipinski definition) is 1. The lowest BCUT2D eigenvalue weighted by molar-refractivity contribution is -0.182. The molecule has 0 aromatic rings. The molecule has 0 radical (unpaired) electrons. The highest BCUT2D eigenvalue weighted by Crippen LogP contribution is 2.12. The number of carboxylic acid groups (broad SMARTS) is 1. The van der Waals surface area contributed by atoms with Gasteiger partial charge in [0.2, 0.25) is 6.79 Å². The van der Waals surface area contributed by atoms with Crippen LogP contribution in [0.3, 0.4) is 0 Å². The first-order valence-corrected chi connectivity index (χ1v) is 5.48. The molecule has 1 aliphatic rings. The summed E-state index contributed by atoms with van der Waals surface area (Å²) < 4.78 is 8.65. The third kappa shape index (κ3) is 4.92. The minimum Gasteiger partial charge on any atom is -0.481 e. The Kier molecular flexibility index (Phi) is 5.44. The summed E-state index contributed by atoms with van der Waals surface area (Å²) in [6.07, 6.45) is -2.30. The molecule has 10 nitrogen and oxygen atoms in total. The van der Waals surface area contributed by atoms with E-state index in [2.05, 4.69) is 14.3 Å². The van der Waals surface area contributed by atoms with Gasteiger partial charge >= 0.3 is 18.1 Å². The second-order valence-corrected chi connectivity index (χ2v) is 3.60. The third-order valence-corrected chi connectivity index (χ3v) is 2.11. The third-order valence-electron chi connectivity index (χ3n) is 2.11. The molecule has 0 spiro atoms. The number of imide groups is 1. The number of hydrogen-bond acceptors (Lipinski definition) is 8. The molecular formula is C10H11NO9. The van der Waals surface area contributed by atoms with E-state index >= 15 is 0 Å². The summed E-state index contributed by atoms with van der Waals surface area (Å²) in [5.41, 5.74) is 0. The van der Waals surface area contributed by atoms with Crippen LogP contribution in [0, 0.1) is 0 Å². The Morgan fingerprint density at radius 3 is 2.20 bits per heavy atom. The van der Waals surface area contributed by atoms with Crippen LogP contribution in [-0.2, 0) is 33.5 Å². The van der Waals surface area contributed by atoms with Gasteiger partial charge in [-0.3, -0.25) is 24.0 Å². The summed E-state index contributed by atoms with van der Waals surface area (Å²) in [6.45, 7) is -0.812. The Morgan fingerprint density at radius 2 is 1.65 bits per heavy atom. The molecule has 1 N–H and O–H groups in total. The van der Waals surface area contributed by atoms with Gasteiger partial charge in [0.15, 0.2) is 0 Å². The fourth-order valence-electron chi connectivity index (χ4n) is 1.18. The van der Waals surface area contributed by atoms with Gasteiger partial charge in [0.05, 0.1) is 12.8 Å². The lowest BCUT2D eigenvalue weighted by atomic mass is 10.3. The zero-order valence-corrected chi connectivity index (χ0v) is 10.2. The van der Waals surface area contributed by atoms with Gasteiger partial charge in [0, 0.05) is 12.8 Å². The Labute approximate surface area is 112 Å². The van der Waals surface area contributed by atoms with Gasteiger partial charge < -0.3 is 14.6 Å². The van der Waals surface area contributed by atoms with Crippen molar-refractivity contribution in [2.45, 2.75) is 25.7 Å². The summed E-state index contributed by atoms with van der Waals surface area (Å²) in [5, 5.41) is 8.57. The largest absolute Gasteiger partial charge is 0.536 e. The van der Waals surface area contributed by atoms with E-state index in [1.54, 1.807) is 0 Å². The van der Waals surface area contributed by atoms with Crippen LogP contribution in [0.2, 0.25) is 0 Å². The molecule has 20 heavy (non-hydrogen) atoms. The van der Waals surface area contributed by atoms with Crippen molar-refractivity contribution < 1.29 is 43.4 Å². The van der Waals surface area contributed by atoms with Crippen LogP contribution in [0.25, 0.3) is 0 Å². The van der Waals surface area contributed by atoms with E-state index in [9.17, 15) is 24.0 Å². The number of carboxylic acids is 1. The highest BCUT2D eigenvalue weighted by Gasteiger charge is 2.33. The zero-order chi connectivity index (χ0) is 15.1. The van der Waals surface area contributed by atoms with Gasteiger partial charge in [-0.2, -0.15) is 0 Å². The molecule has 10 heteroatoms. The van der Waals surface area contributed by atoms with Crippen LogP contribution in [0.5, 0.6) is 0 Å². The molecule has 0 unspecified atom stereocenters. The Hall–Kier alpha value is -2.65. The standard InChI is InChI=1S/C10H11NO9/c12-6-1-2-7(13)11(6)20-10(17)19-5-18-9(16)4-3-8(14)15/h1-5H2,(H,14,15). The highest BCUT2D eigenvalue weighted by molar-refractivity contribution is 6.01. The number of nitrogens with zero attached hydrogens (tertiary/aromatic N) is 1. The number of carbonyl (C=O) groups excluding carboxylic acids is 4. The predicted molar refractivity (Wildman–Crippen MR) is 56.5 cm³/mol. The molecular weight excluding hydrogens is 278 g/mol. The van der Waals surface area contributed by atoms with E-state index in [0.29, 0.717) is 0 Å². The van der Waals surface area contributed by atoms with E-state index in [4.69, 9.17) is 5.11 Å². The molecule has 0 atom stereocenters. The van der Waals surface area contributed by atoms with Gasteiger partial charge in [0.25, 0.3) is 11.8 Å². The van der Waals surface area contributed by atoms with Crippen LogP contribution in [0.1, 0.15) is 25.7 Å². The molecule has 0 saturated carbocycles. The highest BCUT2D eigenvalue weighted by atomic mass is 16.9. The van der Waals surface area contributed by atoms with Crippen LogP contribution in [0.4, 0.5) is 4.79 Å². The molecule has 1 saturated heterocycles. The van der Waals surface area contributed by atoms with E-state index < -0.39 is 43.1 Å². The van der Waals surface area contributed by atoms with E-state index in [1.165, 1.54) is 0 Å². The van der Waals surface area contributed by atoms with Gasteiger partial charge in [-0.25, -0.2) is 4.79 Å². The smallest absolute Gasteiger partial charge is 0.481 e. The lowest BCUT2D eigenvalue weighted by Gasteiger charge is -2.12. The van der Waals surface area contributed by atoms with Crippen LogP contribution >= 0.6 is 0 Å². The average molecular weight is 289 g/mol. The minimum atomic E-state index is -1.39. The number of ether oxygens (including phenoxy) is 2. The van der Waals surface area contributed by atoms with Gasteiger partial charge in [-0.1, -0.05) is 5.06 Å². The SMILES string of the molecule is O=C(O)CCC(=O)OCOC(=O)ON1C(=O)CCC1=O. The Balaban J connectivity index is 2.20. The molecule has 1 fully saturated rings. The number of carbonyl (C=O) groups is 5.